The monoisotopic (exact) mass is 447 g/mol. The van der Waals surface area contributed by atoms with Gasteiger partial charge >= 0.3 is 5.69 Å². The van der Waals surface area contributed by atoms with Crippen LogP contribution in [0.15, 0.2) is 53.1 Å². The Morgan fingerprint density at radius 2 is 2.06 bits per heavy atom. The molecular weight excluding hydrogens is 428 g/mol. The number of nitrogens with zero attached hydrogens (tertiary/aromatic N) is 4. The summed E-state index contributed by atoms with van der Waals surface area (Å²) >= 11 is 1.49. The van der Waals surface area contributed by atoms with Gasteiger partial charge in [0.1, 0.15) is 12.1 Å². The standard InChI is InChI=1S/C20H19F2N5O3S/c1-25-15-4-2-12(6-16(15)30-10-18(25)28)17-5-3-14(31-17)9-26-11-24-27(20(26)29)8-13(7-23)19(21)22/h2-6,11H,7-10,23H2,1H3. The highest BCUT2D eigenvalue weighted by Crippen LogP contribution is 2.37. The van der Waals surface area contributed by atoms with Crippen molar-refractivity contribution in [2.45, 2.75) is 13.1 Å². The largest absolute Gasteiger partial charge is 0.482 e. The van der Waals surface area contributed by atoms with Gasteiger partial charge in [-0.2, -0.15) is 13.9 Å². The Balaban J connectivity index is 1.53. The molecule has 0 saturated heterocycles. The second-order valence-corrected chi connectivity index (χ2v) is 8.13. The molecule has 0 atom stereocenters. The normalized spacial score (nSPS) is 13.2. The zero-order valence-corrected chi connectivity index (χ0v) is 17.4. The molecule has 4 rings (SSSR count). The number of anilines is 1. The fourth-order valence-electron chi connectivity index (χ4n) is 3.19. The van der Waals surface area contributed by atoms with Gasteiger partial charge in [0.15, 0.2) is 6.61 Å². The van der Waals surface area contributed by atoms with Crippen molar-refractivity contribution in [1.29, 1.82) is 0 Å². The van der Waals surface area contributed by atoms with Gasteiger partial charge in [-0.1, -0.05) is 6.07 Å². The Hall–Kier alpha value is -3.31. The van der Waals surface area contributed by atoms with E-state index in [0.29, 0.717) is 11.4 Å². The highest BCUT2D eigenvalue weighted by molar-refractivity contribution is 7.15. The Kier molecular flexibility index (Phi) is 5.70. The van der Waals surface area contributed by atoms with Gasteiger partial charge in [0, 0.05) is 28.9 Å². The van der Waals surface area contributed by atoms with E-state index in [1.54, 1.807) is 11.9 Å². The Bertz CT molecular complexity index is 1230. The number of halogens is 2. The van der Waals surface area contributed by atoms with Crippen LogP contribution in [0.1, 0.15) is 4.88 Å². The van der Waals surface area contributed by atoms with Crippen LogP contribution in [0.4, 0.5) is 14.5 Å². The molecule has 3 heterocycles. The molecule has 0 spiro atoms. The summed E-state index contributed by atoms with van der Waals surface area (Å²) in [6, 6.07) is 9.45. The minimum absolute atomic E-state index is 0.00289. The lowest BCUT2D eigenvalue weighted by atomic mass is 10.1. The van der Waals surface area contributed by atoms with Crippen molar-refractivity contribution >= 4 is 22.9 Å². The number of carbonyl (C=O) groups is 1. The first-order valence-electron chi connectivity index (χ1n) is 9.35. The number of nitrogens with two attached hydrogens (primary N) is 1. The maximum absolute atomic E-state index is 12.8. The summed E-state index contributed by atoms with van der Waals surface area (Å²) in [6.45, 7) is -0.415. The molecule has 2 aromatic heterocycles. The average Bonchev–Trinajstić information content (AvgIpc) is 3.36. The molecule has 2 N–H and O–H groups in total. The van der Waals surface area contributed by atoms with Gasteiger partial charge in [-0.3, -0.25) is 9.36 Å². The lowest BCUT2D eigenvalue weighted by Gasteiger charge is -2.26. The third-order valence-corrected chi connectivity index (χ3v) is 6.09. The number of thiophene rings is 1. The SMILES string of the molecule is CN1C(=O)COc2cc(-c3ccc(Cn4cnn(CC(CN)=C(F)F)c4=O)s3)ccc21. The summed E-state index contributed by atoms with van der Waals surface area (Å²) in [7, 11) is 1.71. The number of amides is 1. The van der Waals surface area contributed by atoms with Crippen LogP contribution in [0.2, 0.25) is 0 Å². The molecule has 1 amide bonds. The fraction of sp³-hybridized carbons (Fsp3) is 0.250. The van der Waals surface area contributed by atoms with E-state index in [2.05, 4.69) is 5.10 Å². The van der Waals surface area contributed by atoms with Crippen LogP contribution in [0.3, 0.4) is 0 Å². The molecule has 0 saturated carbocycles. The number of hydrogen-bond acceptors (Lipinski definition) is 6. The number of rotatable bonds is 6. The predicted octanol–water partition coefficient (Wildman–Crippen LogP) is 2.29. The third-order valence-electron chi connectivity index (χ3n) is 4.97. The number of likely N-dealkylation sites (N-methyl/N-ethyl adjacent to an activating group) is 1. The van der Waals surface area contributed by atoms with Gasteiger partial charge in [-0.05, 0) is 29.8 Å². The number of aromatic nitrogens is 3. The Morgan fingerprint density at radius 1 is 1.26 bits per heavy atom. The summed E-state index contributed by atoms with van der Waals surface area (Å²) < 4.78 is 33.5. The van der Waals surface area contributed by atoms with Gasteiger partial charge in [0.2, 0.25) is 0 Å². The minimum Gasteiger partial charge on any atom is -0.482 e. The molecular formula is C20H19F2N5O3S. The molecule has 1 aromatic carbocycles. The molecule has 3 aromatic rings. The van der Waals surface area contributed by atoms with Crippen molar-refractivity contribution in [2.24, 2.45) is 5.73 Å². The quantitative estimate of drug-likeness (QED) is 0.626. The Labute approximate surface area is 179 Å². The van der Waals surface area contributed by atoms with Gasteiger partial charge in [0.05, 0.1) is 18.8 Å². The summed E-state index contributed by atoms with van der Waals surface area (Å²) in [4.78, 5) is 27.6. The van der Waals surface area contributed by atoms with Crippen LogP contribution >= 0.6 is 11.3 Å². The Morgan fingerprint density at radius 3 is 2.81 bits per heavy atom. The first-order valence-corrected chi connectivity index (χ1v) is 10.2. The van der Waals surface area contributed by atoms with E-state index in [0.717, 1.165) is 20.0 Å². The van der Waals surface area contributed by atoms with Gasteiger partial charge in [0.25, 0.3) is 12.0 Å². The number of fused-ring (bicyclic) bond motifs is 1. The van der Waals surface area contributed by atoms with Crippen molar-refractivity contribution < 1.29 is 18.3 Å². The van der Waals surface area contributed by atoms with Gasteiger partial charge < -0.3 is 15.4 Å². The molecule has 0 fully saturated rings. The lowest BCUT2D eigenvalue weighted by Crippen LogP contribution is -2.35. The van der Waals surface area contributed by atoms with E-state index >= 15 is 0 Å². The average molecular weight is 447 g/mol. The molecule has 0 radical (unpaired) electrons. The van der Waals surface area contributed by atoms with E-state index < -0.39 is 11.8 Å². The minimum atomic E-state index is -1.89. The zero-order valence-electron chi connectivity index (χ0n) is 16.5. The molecule has 1 aliphatic heterocycles. The van der Waals surface area contributed by atoms with Crippen LogP contribution in [-0.4, -0.2) is 40.5 Å². The zero-order chi connectivity index (χ0) is 22.1. The maximum atomic E-state index is 12.8. The van der Waals surface area contributed by atoms with E-state index in [1.165, 1.54) is 22.2 Å². The molecule has 31 heavy (non-hydrogen) atoms. The van der Waals surface area contributed by atoms with E-state index in [1.807, 2.05) is 30.3 Å². The van der Waals surface area contributed by atoms with Crippen LogP contribution < -0.4 is 21.1 Å². The van der Waals surface area contributed by atoms with Crippen LogP contribution in [0.25, 0.3) is 10.4 Å². The third kappa shape index (κ3) is 4.14. The first kappa shape index (κ1) is 20.9. The lowest BCUT2D eigenvalue weighted by molar-refractivity contribution is -0.120. The summed E-state index contributed by atoms with van der Waals surface area (Å²) in [5, 5.41) is 3.91. The van der Waals surface area contributed by atoms with Crippen molar-refractivity contribution in [3.63, 3.8) is 0 Å². The predicted molar refractivity (Wildman–Crippen MR) is 113 cm³/mol. The highest BCUT2D eigenvalue weighted by Gasteiger charge is 2.22. The topological polar surface area (TPSA) is 95.4 Å². The second-order valence-electron chi connectivity index (χ2n) is 6.96. The van der Waals surface area contributed by atoms with Crippen LogP contribution in [0, 0.1) is 0 Å². The van der Waals surface area contributed by atoms with E-state index in [-0.39, 0.29) is 37.7 Å². The van der Waals surface area contributed by atoms with Gasteiger partial charge in [-0.25, -0.2) is 9.48 Å². The number of hydrogen-bond donors (Lipinski definition) is 1. The van der Waals surface area contributed by atoms with Gasteiger partial charge in [-0.15, -0.1) is 11.3 Å². The summed E-state index contributed by atoms with van der Waals surface area (Å²) in [5.74, 6) is 0.531. The van der Waals surface area contributed by atoms with Crippen LogP contribution in [-0.2, 0) is 17.9 Å². The molecule has 0 bridgehead atoms. The van der Waals surface area contributed by atoms with E-state index in [4.69, 9.17) is 10.5 Å². The molecule has 0 aliphatic carbocycles. The summed E-state index contributed by atoms with van der Waals surface area (Å²) in [6.07, 6.45) is -0.567. The maximum Gasteiger partial charge on any atom is 0.346 e. The molecule has 0 unspecified atom stereocenters. The number of benzene rings is 1. The van der Waals surface area contributed by atoms with Crippen molar-refractivity contribution in [1.82, 2.24) is 14.3 Å². The second kappa shape index (κ2) is 8.44. The smallest absolute Gasteiger partial charge is 0.346 e. The van der Waals surface area contributed by atoms with Crippen molar-refractivity contribution in [3.05, 3.63) is 63.7 Å². The number of ether oxygens (including phenoxy) is 1. The molecule has 11 heteroatoms. The van der Waals surface area contributed by atoms with Crippen molar-refractivity contribution in [3.8, 4) is 16.2 Å². The highest BCUT2D eigenvalue weighted by atomic mass is 32.1. The summed E-state index contributed by atoms with van der Waals surface area (Å²) in [5.41, 5.74) is 6.13. The van der Waals surface area contributed by atoms with Crippen LogP contribution in [0.5, 0.6) is 5.75 Å². The molecule has 1 aliphatic rings. The van der Waals surface area contributed by atoms with Crippen molar-refractivity contribution in [2.75, 3.05) is 25.1 Å². The van der Waals surface area contributed by atoms with E-state index in [9.17, 15) is 18.4 Å². The molecule has 8 nitrogen and oxygen atoms in total. The first-order chi connectivity index (χ1) is 14.9. The number of carbonyl (C=O) groups excluding carboxylic acids is 1. The molecule has 162 valence electrons. The fourth-order valence-corrected chi connectivity index (χ4v) is 4.19.